The van der Waals surface area contributed by atoms with Crippen LogP contribution in [-0.4, -0.2) is 71.7 Å². The van der Waals surface area contributed by atoms with Crippen molar-refractivity contribution in [1.82, 2.24) is 34.8 Å². The highest BCUT2D eigenvalue weighted by Gasteiger charge is 2.17. The fourth-order valence-electron chi connectivity index (χ4n) is 3.76. The van der Waals surface area contributed by atoms with Crippen molar-refractivity contribution in [3.8, 4) is 11.5 Å². The number of likely N-dealkylation sites (N-methyl/N-ethyl adjacent to an activating group) is 1. The average Bonchev–Trinajstić information content (AvgIpc) is 3.37. The number of H-pyrrole nitrogens is 2. The number of aromatic amines is 2. The summed E-state index contributed by atoms with van der Waals surface area (Å²) in [5.74, 6) is 0.653. The number of rotatable bonds is 5. The predicted molar refractivity (Wildman–Crippen MR) is 121 cm³/mol. The first kappa shape index (κ1) is 19.5. The molecule has 0 bridgehead atoms. The van der Waals surface area contributed by atoms with E-state index >= 15 is 0 Å². The number of nitrogens with one attached hydrogen (secondary N) is 3. The van der Waals surface area contributed by atoms with Crippen LogP contribution in [0.5, 0.6) is 0 Å². The van der Waals surface area contributed by atoms with E-state index in [9.17, 15) is 8.42 Å². The van der Waals surface area contributed by atoms with Gasteiger partial charge >= 0.3 is 0 Å². The van der Waals surface area contributed by atoms with Crippen LogP contribution in [0.1, 0.15) is 5.56 Å². The zero-order valence-corrected chi connectivity index (χ0v) is 17.8. The van der Waals surface area contributed by atoms with E-state index in [-0.39, 0.29) is 0 Å². The van der Waals surface area contributed by atoms with Gasteiger partial charge < -0.3 is 14.8 Å². The van der Waals surface area contributed by atoms with Gasteiger partial charge in [-0.2, -0.15) is 5.10 Å². The first-order chi connectivity index (χ1) is 15.1. The summed E-state index contributed by atoms with van der Waals surface area (Å²) in [7, 11) is -0.536. The molecule has 11 heteroatoms. The van der Waals surface area contributed by atoms with Gasteiger partial charge in [0.1, 0.15) is 5.69 Å². The Labute approximate surface area is 180 Å². The van der Waals surface area contributed by atoms with E-state index in [4.69, 9.17) is 4.98 Å². The Bertz CT molecular complexity index is 1340. The summed E-state index contributed by atoms with van der Waals surface area (Å²) >= 11 is 0. The summed E-state index contributed by atoms with van der Waals surface area (Å²) < 4.78 is 23.5. The van der Waals surface area contributed by atoms with E-state index in [0.717, 1.165) is 48.2 Å². The van der Waals surface area contributed by atoms with Gasteiger partial charge in [0, 0.05) is 44.3 Å². The lowest BCUT2D eigenvalue weighted by molar-refractivity contribution is 0.313. The maximum atomic E-state index is 10.7. The van der Waals surface area contributed by atoms with Crippen LogP contribution in [0.2, 0.25) is 0 Å². The largest absolute Gasteiger partial charge is 0.369 e. The van der Waals surface area contributed by atoms with Crippen LogP contribution in [0.15, 0.2) is 36.7 Å². The van der Waals surface area contributed by atoms with E-state index in [0.29, 0.717) is 17.2 Å². The number of anilines is 1. The molecule has 0 unspecified atom stereocenters. The number of hydrogen-bond donors (Lipinski definition) is 4. The summed E-state index contributed by atoms with van der Waals surface area (Å²) in [4.78, 5) is 17.2. The molecule has 0 radical (unpaired) electrons. The van der Waals surface area contributed by atoms with Crippen LogP contribution in [0.3, 0.4) is 0 Å². The van der Waals surface area contributed by atoms with E-state index in [1.54, 1.807) is 12.3 Å². The highest BCUT2D eigenvalue weighted by molar-refractivity contribution is 7.70. The van der Waals surface area contributed by atoms with Crippen molar-refractivity contribution in [2.75, 3.05) is 38.1 Å². The maximum Gasteiger partial charge on any atom is 0.222 e. The molecule has 0 amide bonds. The predicted octanol–water partition coefficient (Wildman–Crippen LogP) is 1.34. The summed E-state index contributed by atoms with van der Waals surface area (Å²) in [6.45, 7) is 4.11. The highest BCUT2D eigenvalue weighted by Crippen LogP contribution is 2.28. The zero-order valence-electron chi connectivity index (χ0n) is 16.9. The minimum Gasteiger partial charge on any atom is -0.369 e. The smallest absolute Gasteiger partial charge is 0.222 e. The summed E-state index contributed by atoms with van der Waals surface area (Å²) in [5, 5.41) is 8.12. The molecule has 5 rings (SSSR count). The summed E-state index contributed by atoms with van der Waals surface area (Å²) in [5.41, 5.74) is 5.05. The molecule has 0 atom stereocenters. The van der Waals surface area contributed by atoms with E-state index in [1.807, 2.05) is 12.1 Å². The Hall–Kier alpha value is -3.44. The van der Waals surface area contributed by atoms with E-state index in [1.165, 1.54) is 11.9 Å². The molecule has 3 N–H and O–H groups in total. The molecule has 1 aliphatic heterocycles. The molecule has 1 aliphatic rings. The lowest BCUT2D eigenvalue weighted by Crippen LogP contribution is -2.44. The number of piperazine rings is 1. The minimum atomic E-state index is -2.68. The van der Waals surface area contributed by atoms with Crippen LogP contribution in [0.4, 0.5) is 5.69 Å². The molecule has 1 saturated heterocycles. The highest BCUT2D eigenvalue weighted by atomic mass is 32.2. The number of pyridine rings is 1. The third-order valence-corrected chi connectivity index (χ3v) is 5.81. The Balaban J connectivity index is 1.47. The standard InChI is InChI=1S/C20H22N8O2S/c1-27-6-8-28(9-7-27)14-2-3-16-17(11-14)24-20(23-16)18-15-10-13(4-5-22-31(29)30)12-21-19(15)26-25-18/h2-5,10-12,31H,6-9H2,1H3,(H,23,24)(H,21,25,26)(H,22,29,30). The SMILES string of the molecule is CN1CCN(c2ccc3nc(-c4n[nH]c5ncc(C=CN[SH](=O)=O)cc45)[nH]c3c2)CC1. The number of benzene rings is 1. The molecule has 1 fully saturated rings. The summed E-state index contributed by atoms with van der Waals surface area (Å²) in [6.07, 6.45) is 4.63. The third kappa shape index (κ3) is 3.97. The topological polar surface area (TPSA) is 123 Å². The van der Waals surface area contributed by atoms with Crippen LogP contribution < -0.4 is 9.62 Å². The molecule has 0 saturated carbocycles. The number of imidazole rings is 1. The van der Waals surface area contributed by atoms with Crippen molar-refractivity contribution in [2.24, 2.45) is 0 Å². The molecule has 160 valence electrons. The van der Waals surface area contributed by atoms with Gasteiger partial charge in [0.05, 0.1) is 16.4 Å². The van der Waals surface area contributed by atoms with Gasteiger partial charge in [-0.1, -0.05) is 0 Å². The molecule has 31 heavy (non-hydrogen) atoms. The van der Waals surface area contributed by atoms with Gasteiger partial charge in [0.25, 0.3) is 0 Å². The van der Waals surface area contributed by atoms with Crippen molar-refractivity contribution in [2.45, 2.75) is 0 Å². The van der Waals surface area contributed by atoms with Gasteiger partial charge in [-0.15, -0.1) is 0 Å². The normalized spacial score (nSPS) is 15.6. The molecule has 4 heterocycles. The zero-order chi connectivity index (χ0) is 21.4. The average molecular weight is 439 g/mol. The van der Waals surface area contributed by atoms with Gasteiger partial charge in [0.15, 0.2) is 11.5 Å². The molecule has 0 aliphatic carbocycles. The van der Waals surface area contributed by atoms with Crippen molar-refractivity contribution in [3.05, 3.63) is 42.2 Å². The molecular formula is C20H22N8O2S. The van der Waals surface area contributed by atoms with Crippen LogP contribution >= 0.6 is 0 Å². The molecular weight excluding hydrogens is 416 g/mol. The molecule has 0 spiro atoms. The lowest BCUT2D eigenvalue weighted by atomic mass is 10.2. The fourth-order valence-corrected chi connectivity index (χ4v) is 3.95. The number of fused-ring (bicyclic) bond motifs is 2. The van der Waals surface area contributed by atoms with Crippen molar-refractivity contribution < 1.29 is 8.42 Å². The minimum absolute atomic E-state index is 0.633. The third-order valence-electron chi connectivity index (χ3n) is 5.45. The van der Waals surface area contributed by atoms with Gasteiger partial charge in [-0.05, 0) is 43.0 Å². The quantitative estimate of drug-likeness (QED) is 0.347. The van der Waals surface area contributed by atoms with Gasteiger partial charge in [-0.3, -0.25) is 9.82 Å². The van der Waals surface area contributed by atoms with Crippen LogP contribution in [-0.2, 0) is 10.9 Å². The first-order valence-electron chi connectivity index (χ1n) is 9.92. The van der Waals surface area contributed by atoms with Crippen LogP contribution in [0.25, 0.3) is 39.7 Å². The second kappa shape index (κ2) is 8.00. The Morgan fingerprint density at radius 2 is 2.00 bits per heavy atom. The fraction of sp³-hybridized carbons (Fsp3) is 0.250. The molecule has 3 aromatic heterocycles. The van der Waals surface area contributed by atoms with E-state index < -0.39 is 10.9 Å². The Kier molecular flexibility index (Phi) is 5.04. The maximum absolute atomic E-state index is 10.7. The Morgan fingerprint density at radius 3 is 2.81 bits per heavy atom. The summed E-state index contributed by atoms with van der Waals surface area (Å²) in [6, 6.07) is 8.16. The molecule has 10 nitrogen and oxygen atoms in total. The number of hydrogen-bond acceptors (Lipinski definition) is 7. The number of thiol groups is 1. The van der Waals surface area contributed by atoms with Gasteiger partial charge in [0.2, 0.25) is 10.9 Å². The van der Waals surface area contributed by atoms with Crippen molar-refractivity contribution in [3.63, 3.8) is 0 Å². The monoisotopic (exact) mass is 438 g/mol. The second-order valence-electron chi connectivity index (χ2n) is 7.53. The second-order valence-corrected chi connectivity index (χ2v) is 8.31. The van der Waals surface area contributed by atoms with Crippen molar-refractivity contribution >= 4 is 44.7 Å². The first-order valence-corrected chi connectivity index (χ1v) is 11.1. The lowest BCUT2D eigenvalue weighted by Gasteiger charge is -2.34. The number of aromatic nitrogens is 5. The Morgan fingerprint density at radius 1 is 1.16 bits per heavy atom. The molecule has 4 aromatic rings. The van der Waals surface area contributed by atoms with Crippen LogP contribution in [0, 0.1) is 0 Å². The van der Waals surface area contributed by atoms with Crippen molar-refractivity contribution in [1.29, 1.82) is 0 Å². The van der Waals surface area contributed by atoms with E-state index in [2.05, 4.69) is 53.9 Å². The number of nitrogens with zero attached hydrogens (tertiary/aromatic N) is 5. The molecule has 1 aromatic carbocycles. The van der Waals surface area contributed by atoms with Gasteiger partial charge in [-0.25, -0.2) is 18.4 Å².